The summed E-state index contributed by atoms with van der Waals surface area (Å²) in [5.41, 5.74) is -2.61. The number of aliphatic hydroxyl groups is 1. The van der Waals surface area contributed by atoms with Crippen LogP contribution in [0.2, 0.25) is 0 Å². The molecule has 1 aliphatic heterocycles. The summed E-state index contributed by atoms with van der Waals surface area (Å²) in [5.74, 6) is 0. The molecule has 1 aliphatic rings. The molecule has 0 aromatic rings. The van der Waals surface area contributed by atoms with Crippen LogP contribution >= 0.6 is 11.6 Å². The first-order valence-corrected chi connectivity index (χ1v) is 5.86. The van der Waals surface area contributed by atoms with Gasteiger partial charge in [0.15, 0.2) is 0 Å². The lowest BCUT2D eigenvalue weighted by Gasteiger charge is -2.17. The van der Waals surface area contributed by atoms with E-state index in [9.17, 15) is 13.5 Å². The zero-order chi connectivity index (χ0) is 11.4. The maximum absolute atomic E-state index is 11.5. The van der Waals surface area contributed by atoms with Crippen LogP contribution in [0.25, 0.3) is 0 Å². The zero-order valence-electron chi connectivity index (χ0n) is 8.46. The molecule has 0 fully saturated rings. The maximum Gasteiger partial charge on any atom is 0.298 e. The minimum atomic E-state index is -3.90. The monoisotopic (exact) mass is 240 g/mol. The minimum Gasteiger partial charge on any atom is -0.385 e. The van der Waals surface area contributed by atoms with Crippen molar-refractivity contribution >= 4 is 21.7 Å². The molecule has 0 saturated heterocycles. The first-order valence-electron chi connectivity index (χ1n) is 4.07. The lowest BCUT2D eigenvalue weighted by molar-refractivity contribution is 0.127. The highest BCUT2D eigenvalue weighted by Crippen LogP contribution is 2.43. The zero-order valence-corrected chi connectivity index (χ0v) is 10.0. The molecular formula is C8H13ClO4S. The molecular weight excluding hydrogens is 228 g/mol. The molecule has 0 spiro atoms. The quantitative estimate of drug-likeness (QED) is 0.703. The van der Waals surface area contributed by atoms with E-state index in [4.69, 9.17) is 15.8 Å². The third-order valence-corrected chi connectivity index (χ3v) is 4.45. The maximum atomic E-state index is 11.5. The SMILES string of the molecule is CC(C)(O)C1=C(Cl)C(C)(C)OS1(=O)=O. The topological polar surface area (TPSA) is 63.6 Å². The van der Waals surface area contributed by atoms with E-state index in [1.807, 2.05) is 0 Å². The highest BCUT2D eigenvalue weighted by atomic mass is 35.5. The predicted molar refractivity (Wildman–Crippen MR) is 53.3 cm³/mol. The van der Waals surface area contributed by atoms with Crippen LogP contribution in [0.4, 0.5) is 0 Å². The van der Waals surface area contributed by atoms with Crippen LogP contribution < -0.4 is 0 Å². The van der Waals surface area contributed by atoms with Crippen molar-refractivity contribution in [1.82, 2.24) is 0 Å². The Kier molecular flexibility index (Phi) is 2.52. The van der Waals surface area contributed by atoms with Crippen LogP contribution in [0.3, 0.4) is 0 Å². The van der Waals surface area contributed by atoms with Gasteiger partial charge >= 0.3 is 0 Å². The molecule has 82 valence electrons. The van der Waals surface area contributed by atoms with Gasteiger partial charge in [-0.3, -0.25) is 4.18 Å². The number of halogens is 1. The second-order valence-corrected chi connectivity index (χ2v) is 6.11. The van der Waals surface area contributed by atoms with Crippen LogP contribution in [-0.4, -0.2) is 24.7 Å². The van der Waals surface area contributed by atoms with Crippen molar-refractivity contribution in [2.45, 2.75) is 38.9 Å². The molecule has 6 heteroatoms. The molecule has 0 saturated carbocycles. The fraction of sp³-hybridized carbons (Fsp3) is 0.750. The van der Waals surface area contributed by atoms with E-state index in [1.165, 1.54) is 27.7 Å². The van der Waals surface area contributed by atoms with E-state index in [0.717, 1.165) is 0 Å². The molecule has 14 heavy (non-hydrogen) atoms. The van der Waals surface area contributed by atoms with E-state index in [2.05, 4.69) is 0 Å². The molecule has 0 aliphatic carbocycles. The van der Waals surface area contributed by atoms with Gasteiger partial charge in [-0.15, -0.1) is 0 Å². The Balaban J connectivity index is 3.46. The highest BCUT2D eigenvalue weighted by molar-refractivity contribution is 7.91. The summed E-state index contributed by atoms with van der Waals surface area (Å²) < 4.78 is 27.8. The van der Waals surface area contributed by atoms with Gasteiger partial charge < -0.3 is 5.11 Å². The number of rotatable bonds is 1. The third-order valence-electron chi connectivity index (χ3n) is 1.85. The van der Waals surface area contributed by atoms with Crippen molar-refractivity contribution in [2.75, 3.05) is 0 Å². The van der Waals surface area contributed by atoms with Gasteiger partial charge in [-0.1, -0.05) is 11.6 Å². The Hall–Kier alpha value is -0.100. The summed E-state index contributed by atoms with van der Waals surface area (Å²) in [4.78, 5) is -0.253. The Bertz CT molecular complexity index is 386. The fourth-order valence-electron chi connectivity index (χ4n) is 1.31. The molecule has 0 aromatic heterocycles. The van der Waals surface area contributed by atoms with Gasteiger partial charge in [0.05, 0.1) is 10.6 Å². The Morgan fingerprint density at radius 2 is 1.86 bits per heavy atom. The van der Waals surface area contributed by atoms with Crippen LogP contribution in [0.15, 0.2) is 9.94 Å². The average molecular weight is 241 g/mol. The normalized spacial score (nSPS) is 25.6. The van der Waals surface area contributed by atoms with Gasteiger partial charge in [0, 0.05) is 0 Å². The summed E-state index contributed by atoms with van der Waals surface area (Å²) in [6.45, 7) is 5.78. The summed E-state index contributed by atoms with van der Waals surface area (Å²) in [7, 11) is -3.90. The Labute approximate surface area is 88.6 Å². The molecule has 1 N–H and O–H groups in total. The largest absolute Gasteiger partial charge is 0.385 e. The van der Waals surface area contributed by atoms with Crippen molar-refractivity contribution in [3.63, 3.8) is 0 Å². The van der Waals surface area contributed by atoms with Crippen LogP contribution in [0, 0.1) is 0 Å². The number of hydrogen-bond donors (Lipinski definition) is 1. The smallest absolute Gasteiger partial charge is 0.298 e. The van der Waals surface area contributed by atoms with Gasteiger partial charge in [0.1, 0.15) is 10.5 Å². The van der Waals surface area contributed by atoms with Crippen molar-refractivity contribution < 1.29 is 17.7 Å². The van der Waals surface area contributed by atoms with Crippen LogP contribution in [0.1, 0.15) is 27.7 Å². The molecule has 0 unspecified atom stereocenters. The first-order chi connectivity index (χ1) is 5.98. The van der Waals surface area contributed by atoms with E-state index in [0.29, 0.717) is 0 Å². The molecule has 0 bridgehead atoms. The van der Waals surface area contributed by atoms with Crippen LogP contribution in [0.5, 0.6) is 0 Å². The van der Waals surface area contributed by atoms with E-state index in [-0.39, 0.29) is 9.94 Å². The summed E-state index contributed by atoms with van der Waals surface area (Å²) in [6, 6.07) is 0. The van der Waals surface area contributed by atoms with Gasteiger partial charge in [-0.2, -0.15) is 8.42 Å². The molecule has 0 radical (unpaired) electrons. The summed E-state index contributed by atoms with van der Waals surface area (Å²) in [6.07, 6.45) is 0. The highest BCUT2D eigenvalue weighted by Gasteiger charge is 2.49. The molecule has 1 heterocycles. The van der Waals surface area contributed by atoms with Gasteiger partial charge in [-0.05, 0) is 27.7 Å². The summed E-state index contributed by atoms with van der Waals surface area (Å²) in [5, 5.41) is 9.69. The standard InChI is InChI=1S/C8H13ClO4S/c1-7(2,10)6-5(9)8(3,4)13-14(6,11)12/h10H,1-4H3. The summed E-state index contributed by atoms with van der Waals surface area (Å²) >= 11 is 5.85. The van der Waals surface area contributed by atoms with Crippen molar-refractivity contribution in [2.24, 2.45) is 0 Å². The Morgan fingerprint density at radius 1 is 1.43 bits per heavy atom. The second-order valence-electron chi connectivity index (χ2n) is 4.25. The lowest BCUT2D eigenvalue weighted by Crippen LogP contribution is -2.26. The first kappa shape index (κ1) is 12.0. The van der Waals surface area contributed by atoms with Crippen molar-refractivity contribution in [3.8, 4) is 0 Å². The fourth-order valence-corrected chi connectivity index (χ4v) is 3.70. The molecule has 0 atom stereocenters. The molecule has 4 nitrogen and oxygen atoms in total. The average Bonchev–Trinajstić information content (AvgIpc) is 1.93. The van der Waals surface area contributed by atoms with E-state index < -0.39 is 21.3 Å². The molecule has 1 rings (SSSR count). The van der Waals surface area contributed by atoms with Crippen LogP contribution in [-0.2, 0) is 14.3 Å². The van der Waals surface area contributed by atoms with Gasteiger partial charge in [-0.25, -0.2) is 0 Å². The van der Waals surface area contributed by atoms with E-state index in [1.54, 1.807) is 0 Å². The molecule has 0 aromatic carbocycles. The minimum absolute atomic E-state index is 0.0324. The predicted octanol–water partition coefficient (Wildman–Crippen LogP) is 1.35. The van der Waals surface area contributed by atoms with Gasteiger partial charge in [0.2, 0.25) is 0 Å². The Morgan fingerprint density at radius 3 is 2.00 bits per heavy atom. The lowest BCUT2D eigenvalue weighted by atomic mass is 10.0. The second kappa shape index (κ2) is 2.95. The van der Waals surface area contributed by atoms with E-state index >= 15 is 0 Å². The third kappa shape index (κ3) is 1.82. The number of hydrogen-bond acceptors (Lipinski definition) is 4. The molecule has 0 amide bonds. The van der Waals surface area contributed by atoms with Gasteiger partial charge in [0.25, 0.3) is 10.1 Å². The van der Waals surface area contributed by atoms with Crippen molar-refractivity contribution in [1.29, 1.82) is 0 Å². The van der Waals surface area contributed by atoms with Crippen molar-refractivity contribution in [3.05, 3.63) is 9.94 Å².